The summed E-state index contributed by atoms with van der Waals surface area (Å²) in [5.74, 6) is 0.665. The molecule has 0 aromatic heterocycles. The van der Waals surface area contributed by atoms with Gasteiger partial charge < -0.3 is 15.0 Å². The number of halogens is 1. The van der Waals surface area contributed by atoms with E-state index in [4.69, 9.17) is 10.00 Å². The highest BCUT2D eigenvalue weighted by molar-refractivity contribution is 9.10. The summed E-state index contributed by atoms with van der Waals surface area (Å²) in [6, 6.07) is 7.59. The van der Waals surface area contributed by atoms with Gasteiger partial charge >= 0.3 is 6.03 Å². The van der Waals surface area contributed by atoms with Gasteiger partial charge in [0, 0.05) is 24.3 Å². The molecule has 1 aliphatic carbocycles. The Morgan fingerprint density at radius 3 is 2.95 bits per heavy atom. The molecule has 106 valence electrons. The summed E-state index contributed by atoms with van der Waals surface area (Å²) in [5, 5.41) is 11.5. The third-order valence-electron chi connectivity index (χ3n) is 3.12. The van der Waals surface area contributed by atoms with Gasteiger partial charge in [0.05, 0.1) is 24.1 Å². The number of nitrogens with one attached hydrogen (secondary N) is 1. The highest BCUT2D eigenvalue weighted by atomic mass is 79.9. The summed E-state index contributed by atoms with van der Waals surface area (Å²) in [5.41, 5.74) is 0.678. The van der Waals surface area contributed by atoms with Crippen LogP contribution in [-0.2, 0) is 0 Å². The normalized spacial score (nSPS) is 13.4. The van der Waals surface area contributed by atoms with Crippen LogP contribution in [0.5, 0.6) is 5.75 Å². The summed E-state index contributed by atoms with van der Waals surface area (Å²) < 4.78 is 6.03. The van der Waals surface area contributed by atoms with Crippen LogP contribution in [0.15, 0.2) is 22.7 Å². The molecule has 0 bridgehead atoms. The van der Waals surface area contributed by atoms with E-state index in [0.717, 1.165) is 17.3 Å². The third kappa shape index (κ3) is 3.64. The van der Waals surface area contributed by atoms with Crippen molar-refractivity contribution in [2.45, 2.75) is 25.3 Å². The summed E-state index contributed by atoms with van der Waals surface area (Å²) in [6.07, 6.45) is 2.39. The summed E-state index contributed by atoms with van der Waals surface area (Å²) in [6.45, 7) is 0.473. The van der Waals surface area contributed by atoms with E-state index in [1.807, 2.05) is 6.07 Å². The second-order valence-electron chi connectivity index (χ2n) is 4.61. The molecule has 6 heteroatoms. The minimum atomic E-state index is -0.160. The molecule has 1 aromatic rings. The van der Waals surface area contributed by atoms with Crippen LogP contribution < -0.4 is 10.1 Å². The van der Waals surface area contributed by atoms with Crippen LogP contribution in [-0.4, -0.2) is 30.6 Å². The molecule has 0 spiro atoms. The number of nitriles is 1. The number of benzene rings is 1. The van der Waals surface area contributed by atoms with Crippen LogP contribution in [0.3, 0.4) is 0 Å². The number of hydrogen-bond donors (Lipinski definition) is 1. The zero-order valence-corrected chi connectivity index (χ0v) is 12.8. The second-order valence-corrected chi connectivity index (χ2v) is 5.47. The zero-order valence-electron chi connectivity index (χ0n) is 11.2. The molecular weight excluding hydrogens is 322 g/mol. The summed E-state index contributed by atoms with van der Waals surface area (Å²) in [4.78, 5) is 14.0. The number of ether oxygens (including phenoxy) is 1. The molecule has 2 amide bonds. The quantitative estimate of drug-likeness (QED) is 0.895. The van der Waals surface area contributed by atoms with E-state index < -0.39 is 0 Å². The molecule has 2 rings (SSSR count). The maximum Gasteiger partial charge on any atom is 0.322 e. The summed E-state index contributed by atoms with van der Waals surface area (Å²) in [7, 11) is 1.58. The number of amides is 2. The van der Waals surface area contributed by atoms with Gasteiger partial charge in [0.15, 0.2) is 0 Å². The first-order chi connectivity index (χ1) is 9.65. The van der Waals surface area contributed by atoms with E-state index >= 15 is 0 Å². The van der Waals surface area contributed by atoms with E-state index in [1.54, 1.807) is 24.1 Å². The maximum atomic E-state index is 12.2. The average Bonchev–Trinajstić information content (AvgIpc) is 3.26. The SMILES string of the molecule is COc1cc(NC(=O)N(CCC#N)C2CC2)ccc1Br. The molecule has 1 aliphatic rings. The fraction of sp³-hybridized carbons (Fsp3) is 0.429. The van der Waals surface area contributed by atoms with Crippen molar-refractivity contribution in [1.82, 2.24) is 4.90 Å². The van der Waals surface area contributed by atoms with Crippen molar-refractivity contribution in [2.24, 2.45) is 0 Å². The Morgan fingerprint density at radius 1 is 1.60 bits per heavy atom. The van der Waals surface area contributed by atoms with Gasteiger partial charge in [-0.3, -0.25) is 0 Å². The minimum Gasteiger partial charge on any atom is -0.495 e. The molecular formula is C14H16BrN3O2. The Morgan fingerprint density at radius 2 is 2.35 bits per heavy atom. The van der Waals surface area contributed by atoms with Crippen molar-refractivity contribution in [3.63, 3.8) is 0 Å². The second kappa shape index (κ2) is 6.62. The van der Waals surface area contributed by atoms with Crippen LogP contribution in [0.2, 0.25) is 0 Å². The van der Waals surface area contributed by atoms with Crippen molar-refractivity contribution < 1.29 is 9.53 Å². The van der Waals surface area contributed by atoms with Crippen LogP contribution >= 0.6 is 15.9 Å². The predicted octanol–water partition coefficient (Wildman–Crippen LogP) is 3.37. The van der Waals surface area contributed by atoms with Crippen molar-refractivity contribution in [1.29, 1.82) is 5.26 Å². The van der Waals surface area contributed by atoms with Gasteiger partial charge in [-0.05, 0) is 40.9 Å². The van der Waals surface area contributed by atoms with Crippen molar-refractivity contribution in [2.75, 3.05) is 19.0 Å². The monoisotopic (exact) mass is 337 g/mol. The number of urea groups is 1. The highest BCUT2D eigenvalue weighted by Crippen LogP contribution is 2.30. The Bertz CT molecular complexity index is 538. The molecule has 0 radical (unpaired) electrons. The van der Waals surface area contributed by atoms with E-state index in [2.05, 4.69) is 27.3 Å². The Kier molecular flexibility index (Phi) is 4.85. The lowest BCUT2D eigenvalue weighted by Crippen LogP contribution is -2.37. The molecule has 1 saturated carbocycles. The Balaban J connectivity index is 2.04. The van der Waals surface area contributed by atoms with Crippen LogP contribution in [0.4, 0.5) is 10.5 Å². The molecule has 5 nitrogen and oxygen atoms in total. The first kappa shape index (κ1) is 14.7. The van der Waals surface area contributed by atoms with Crippen LogP contribution in [0.25, 0.3) is 0 Å². The smallest absolute Gasteiger partial charge is 0.322 e. The predicted molar refractivity (Wildman–Crippen MR) is 79.7 cm³/mol. The van der Waals surface area contributed by atoms with Gasteiger partial charge in [0.25, 0.3) is 0 Å². The van der Waals surface area contributed by atoms with Gasteiger partial charge in [0.2, 0.25) is 0 Å². The Hall–Kier alpha value is -1.74. The van der Waals surface area contributed by atoms with E-state index in [-0.39, 0.29) is 12.1 Å². The molecule has 0 unspecified atom stereocenters. The number of nitrogens with zero attached hydrogens (tertiary/aromatic N) is 2. The van der Waals surface area contributed by atoms with Crippen molar-refractivity contribution in [3.8, 4) is 11.8 Å². The molecule has 0 aliphatic heterocycles. The van der Waals surface area contributed by atoms with Crippen molar-refractivity contribution >= 4 is 27.6 Å². The lowest BCUT2D eigenvalue weighted by atomic mass is 10.3. The van der Waals surface area contributed by atoms with Gasteiger partial charge in [0.1, 0.15) is 5.75 Å². The fourth-order valence-corrected chi connectivity index (χ4v) is 2.35. The number of carbonyl (C=O) groups is 1. The standard InChI is InChI=1S/C14H16BrN3O2/c1-20-13-9-10(3-6-12(13)15)17-14(19)18(8-2-7-16)11-4-5-11/h3,6,9,11H,2,4-5,8H2,1H3,(H,17,19). The van der Waals surface area contributed by atoms with E-state index in [0.29, 0.717) is 24.4 Å². The number of anilines is 1. The zero-order chi connectivity index (χ0) is 14.5. The first-order valence-electron chi connectivity index (χ1n) is 6.44. The number of hydrogen-bond acceptors (Lipinski definition) is 3. The highest BCUT2D eigenvalue weighted by Gasteiger charge is 2.32. The Labute approximate surface area is 126 Å². The van der Waals surface area contributed by atoms with Gasteiger partial charge in [-0.25, -0.2) is 4.79 Å². The number of methoxy groups -OCH3 is 1. The number of rotatable bonds is 5. The molecule has 20 heavy (non-hydrogen) atoms. The van der Waals surface area contributed by atoms with Crippen molar-refractivity contribution in [3.05, 3.63) is 22.7 Å². The fourth-order valence-electron chi connectivity index (χ4n) is 1.94. The number of carbonyl (C=O) groups excluding carboxylic acids is 1. The molecule has 0 saturated heterocycles. The first-order valence-corrected chi connectivity index (χ1v) is 7.23. The average molecular weight is 338 g/mol. The van der Waals surface area contributed by atoms with Crippen LogP contribution in [0, 0.1) is 11.3 Å². The van der Waals surface area contributed by atoms with Gasteiger partial charge in [-0.2, -0.15) is 5.26 Å². The molecule has 1 aromatic carbocycles. The van der Waals surface area contributed by atoms with E-state index in [1.165, 1.54) is 0 Å². The minimum absolute atomic E-state index is 0.160. The molecule has 1 fully saturated rings. The maximum absolute atomic E-state index is 12.2. The molecule has 0 heterocycles. The largest absolute Gasteiger partial charge is 0.495 e. The third-order valence-corrected chi connectivity index (χ3v) is 3.77. The lowest BCUT2D eigenvalue weighted by Gasteiger charge is -2.21. The molecule has 0 atom stereocenters. The van der Waals surface area contributed by atoms with Crippen LogP contribution in [0.1, 0.15) is 19.3 Å². The van der Waals surface area contributed by atoms with Gasteiger partial charge in [-0.15, -0.1) is 0 Å². The molecule has 1 N–H and O–H groups in total. The topological polar surface area (TPSA) is 65.4 Å². The van der Waals surface area contributed by atoms with E-state index in [9.17, 15) is 4.79 Å². The lowest BCUT2D eigenvalue weighted by molar-refractivity contribution is 0.210. The van der Waals surface area contributed by atoms with Gasteiger partial charge in [-0.1, -0.05) is 0 Å². The summed E-state index contributed by atoms with van der Waals surface area (Å²) >= 11 is 3.37.